The van der Waals surface area contributed by atoms with Crippen LogP contribution in [-0.4, -0.2) is 30.1 Å². The van der Waals surface area contributed by atoms with Crippen LogP contribution in [0.15, 0.2) is 65.8 Å². The summed E-state index contributed by atoms with van der Waals surface area (Å²) in [5.41, 5.74) is 6.14. The highest BCUT2D eigenvalue weighted by molar-refractivity contribution is 7.90. The van der Waals surface area contributed by atoms with Crippen LogP contribution in [0.1, 0.15) is 27.2 Å². The average Bonchev–Trinajstić information content (AvgIpc) is 3.04. The van der Waals surface area contributed by atoms with Gasteiger partial charge in [0.25, 0.3) is 5.91 Å². The molecule has 0 saturated heterocycles. The Morgan fingerprint density at radius 3 is 2.50 bits per heavy atom. The molecule has 0 aliphatic rings. The molecule has 2 heterocycles. The van der Waals surface area contributed by atoms with Crippen LogP contribution in [0.2, 0.25) is 0 Å². The summed E-state index contributed by atoms with van der Waals surface area (Å²) in [6.07, 6.45) is 4.98. The van der Waals surface area contributed by atoms with Gasteiger partial charge in [-0.15, -0.1) is 0 Å². The van der Waals surface area contributed by atoms with E-state index in [4.69, 9.17) is 0 Å². The van der Waals surface area contributed by atoms with Gasteiger partial charge in [0.2, 0.25) is 0 Å². The lowest BCUT2D eigenvalue weighted by Crippen LogP contribution is -2.23. The van der Waals surface area contributed by atoms with Gasteiger partial charge in [0.15, 0.2) is 9.84 Å². The molecule has 0 aliphatic heterocycles. The van der Waals surface area contributed by atoms with Crippen molar-refractivity contribution >= 4 is 26.6 Å². The first-order valence-corrected chi connectivity index (χ1v) is 12.1. The SMILES string of the molecule is Cc1ccc(C(=O)NCc2cc(-c3ccc4c(c3)c(C)cn4C)ccn2)cc1S(C)(=O)=O. The number of hydrogen-bond acceptors (Lipinski definition) is 4. The zero-order valence-electron chi connectivity index (χ0n) is 18.5. The Balaban J connectivity index is 1.54. The summed E-state index contributed by atoms with van der Waals surface area (Å²) >= 11 is 0. The lowest BCUT2D eigenvalue weighted by Gasteiger charge is -2.09. The fourth-order valence-corrected chi connectivity index (χ4v) is 4.93. The predicted molar refractivity (Wildman–Crippen MR) is 126 cm³/mol. The number of fused-ring (bicyclic) bond motifs is 1. The molecule has 1 N–H and O–H groups in total. The van der Waals surface area contributed by atoms with Crippen molar-refractivity contribution in [1.82, 2.24) is 14.9 Å². The highest BCUT2D eigenvalue weighted by Crippen LogP contribution is 2.27. The zero-order valence-corrected chi connectivity index (χ0v) is 19.3. The molecule has 0 atom stereocenters. The number of nitrogens with one attached hydrogen (secondary N) is 1. The van der Waals surface area contributed by atoms with Gasteiger partial charge in [-0.1, -0.05) is 12.1 Å². The fourth-order valence-electron chi connectivity index (χ4n) is 3.94. The smallest absolute Gasteiger partial charge is 0.251 e. The van der Waals surface area contributed by atoms with E-state index >= 15 is 0 Å². The minimum Gasteiger partial charge on any atom is -0.350 e. The zero-order chi connectivity index (χ0) is 23.0. The van der Waals surface area contributed by atoms with Gasteiger partial charge in [-0.3, -0.25) is 9.78 Å². The van der Waals surface area contributed by atoms with E-state index < -0.39 is 9.84 Å². The molecule has 0 spiro atoms. The molecule has 2 aromatic heterocycles. The fraction of sp³-hybridized carbons (Fsp3) is 0.200. The van der Waals surface area contributed by atoms with E-state index in [1.165, 1.54) is 22.5 Å². The molecule has 0 saturated carbocycles. The Morgan fingerprint density at radius 2 is 1.75 bits per heavy atom. The van der Waals surface area contributed by atoms with Crippen LogP contribution in [0.5, 0.6) is 0 Å². The van der Waals surface area contributed by atoms with Gasteiger partial charge in [0.05, 0.1) is 17.1 Å². The van der Waals surface area contributed by atoms with Crippen LogP contribution in [0.4, 0.5) is 0 Å². The maximum absolute atomic E-state index is 12.6. The second-order valence-electron chi connectivity index (χ2n) is 8.13. The highest BCUT2D eigenvalue weighted by Gasteiger charge is 2.15. The largest absolute Gasteiger partial charge is 0.350 e. The molecule has 0 aliphatic carbocycles. The Bertz CT molecular complexity index is 1450. The first-order valence-electron chi connectivity index (χ1n) is 10.2. The molecule has 7 heteroatoms. The molecule has 4 rings (SSSR count). The number of amides is 1. The summed E-state index contributed by atoms with van der Waals surface area (Å²) in [5, 5.41) is 4.04. The lowest BCUT2D eigenvalue weighted by molar-refractivity contribution is 0.0950. The number of sulfone groups is 1. The van der Waals surface area contributed by atoms with Gasteiger partial charge in [-0.25, -0.2) is 8.42 Å². The van der Waals surface area contributed by atoms with E-state index in [0.29, 0.717) is 11.1 Å². The minimum absolute atomic E-state index is 0.164. The third-order valence-corrected chi connectivity index (χ3v) is 6.86. The van der Waals surface area contributed by atoms with Crippen molar-refractivity contribution in [2.24, 2.45) is 7.05 Å². The van der Waals surface area contributed by atoms with Gasteiger partial charge < -0.3 is 9.88 Å². The quantitative estimate of drug-likeness (QED) is 0.497. The molecule has 0 bridgehead atoms. The normalized spacial score (nSPS) is 11.6. The summed E-state index contributed by atoms with van der Waals surface area (Å²) < 4.78 is 26.0. The van der Waals surface area contributed by atoms with Crippen molar-refractivity contribution < 1.29 is 13.2 Å². The van der Waals surface area contributed by atoms with Crippen LogP contribution in [-0.2, 0) is 23.4 Å². The van der Waals surface area contributed by atoms with Crippen LogP contribution in [0.25, 0.3) is 22.0 Å². The maximum atomic E-state index is 12.6. The lowest BCUT2D eigenvalue weighted by atomic mass is 10.0. The van der Waals surface area contributed by atoms with E-state index in [9.17, 15) is 13.2 Å². The van der Waals surface area contributed by atoms with E-state index in [-0.39, 0.29) is 17.3 Å². The van der Waals surface area contributed by atoms with Gasteiger partial charge in [0.1, 0.15) is 0 Å². The maximum Gasteiger partial charge on any atom is 0.251 e. The Morgan fingerprint density at radius 1 is 1.00 bits per heavy atom. The minimum atomic E-state index is -3.40. The molecular formula is C25H25N3O3S. The summed E-state index contributed by atoms with van der Waals surface area (Å²) in [6.45, 7) is 4.04. The summed E-state index contributed by atoms with van der Waals surface area (Å²) in [5.74, 6) is -0.344. The van der Waals surface area contributed by atoms with Crippen LogP contribution in [0.3, 0.4) is 0 Å². The van der Waals surface area contributed by atoms with Crippen molar-refractivity contribution in [3.63, 3.8) is 0 Å². The summed E-state index contributed by atoms with van der Waals surface area (Å²) in [4.78, 5) is 17.1. The molecule has 0 radical (unpaired) electrons. The van der Waals surface area contributed by atoms with E-state index in [1.54, 1.807) is 25.3 Å². The van der Waals surface area contributed by atoms with E-state index in [1.807, 2.05) is 19.2 Å². The number of carbonyl (C=O) groups is 1. The molecule has 0 unspecified atom stereocenters. The number of hydrogen-bond donors (Lipinski definition) is 1. The van der Waals surface area contributed by atoms with E-state index in [2.05, 4.69) is 46.2 Å². The Labute approximate surface area is 187 Å². The standard InChI is InChI=1S/C25H25N3O3S/c1-16-5-6-20(13-24(16)32(4,30)31)25(29)27-14-21-11-19(9-10-26-21)18-7-8-23-22(12-18)17(2)15-28(23)3/h5-13,15H,14H2,1-4H3,(H,27,29). The molecule has 4 aromatic rings. The summed E-state index contributed by atoms with van der Waals surface area (Å²) in [6, 6.07) is 14.9. The summed E-state index contributed by atoms with van der Waals surface area (Å²) in [7, 11) is -1.37. The molecule has 6 nitrogen and oxygen atoms in total. The van der Waals surface area contributed by atoms with Gasteiger partial charge in [-0.2, -0.15) is 0 Å². The number of aryl methyl sites for hydroxylation is 3. The number of nitrogens with zero attached hydrogens (tertiary/aromatic N) is 2. The monoisotopic (exact) mass is 447 g/mol. The number of pyridine rings is 1. The first kappa shape index (κ1) is 21.8. The Kier molecular flexibility index (Phi) is 5.60. The van der Waals surface area contributed by atoms with Crippen molar-refractivity contribution in [1.29, 1.82) is 0 Å². The second kappa shape index (κ2) is 8.24. The molecule has 0 fully saturated rings. The van der Waals surface area contributed by atoms with E-state index in [0.717, 1.165) is 23.1 Å². The van der Waals surface area contributed by atoms with Crippen LogP contribution < -0.4 is 5.32 Å². The topological polar surface area (TPSA) is 81.1 Å². The Hall–Kier alpha value is -3.45. The van der Waals surface area contributed by atoms with Crippen molar-refractivity contribution in [2.75, 3.05) is 6.26 Å². The first-order chi connectivity index (χ1) is 15.1. The van der Waals surface area contributed by atoms with Gasteiger partial charge in [0, 0.05) is 42.2 Å². The van der Waals surface area contributed by atoms with Gasteiger partial charge in [-0.05, 0) is 72.5 Å². The van der Waals surface area contributed by atoms with Crippen LogP contribution >= 0.6 is 0 Å². The molecular weight excluding hydrogens is 422 g/mol. The predicted octanol–water partition coefficient (Wildman–Crippen LogP) is 4.19. The third kappa shape index (κ3) is 4.29. The number of benzene rings is 2. The number of rotatable bonds is 5. The molecule has 32 heavy (non-hydrogen) atoms. The number of aromatic nitrogens is 2. The second-order valence-corrected chi connectivity index (χ2v) is 10.1. The van der Waals surface area contributed by atoms with Crippen molar-refractivity contribution in [3.8, 4) is 11.1 Å². The van der Waals surface area contributed by atoms with Crippen molar-refractivity contribution in [2.45, 2.75) is 25.3 Å². The molecule has 1 amide bonds. The third-order valence-electron chi connectivity index (χ3n) is 5.62. The number of carbonyl (C=O) groups excluding carboxylic acids is 1. The van der Waals surface area contributed by atoms with Gasteiger partial charge >= 0.3 is 0 Å². The highest BCUT2D eigenvalue weighted by atomic mass is 32.2. The van der Waals surface area contributed by atoms with Crippen molar-refractivity contribution in [3.05, 3.63) is 83.3 Å². The van der Waals surface area contributed by atoms with Crippen LogP contribution in [0, 0.1) is 13.8 Å². The average molecular weight is 448 g/mol. The molecule has 2 aromatic carbocycles. The molecule has 164 valence electrons.